The van der Waals surface area contributed by atoms with E-state index in [1.807, 2.05) is 0 Å². The summed E-state index contributed by atoms with van der Waals surface area (Å²) < 4.78 is 28.6. The number of carbonyl (C=O) groups is 1. The number of hydrogen-bond acceptors (Lipinski definition) is 3. The molecule has 1 heterocycles. The van der Waals surface area contributed by atoms with Gasteiger partial charge in [-0.1, -0.05) is 39.7 Å². The van der Waals surface area contributed by atoms with Crippen LogP contribution in [0.3, 0.4) is 0 Å². The number of nitrogens with one attached hydrogen (secondary N) is 2. The van der Waals surface area contributed by atoms with Crippen LogP contribution in [0.4, 0.5) is 16.2 Å². The van der Waals surface area contributed by atoms with Crippen molar-refractivity contribution in [2.75, 3.05) is 23.1 Å². The molecule has 2 aromatic rings. The summed E-state index contributed by atoms with van der Waals surface area (Å²) in [5.41, 5.74) is 0.667. The molecule has 0 radical (unpaired) electrons. The minimum Gasteiger partial charge on any atom is -0.325 e. The zero-order chi connectivity index (χ0) is 18.7. The normalized spacial score (nSPS) is 14.3. The number of benzene rings is 2. The van der Waals surface area contributed by atoms with E-state index in [0.29, 0.717) is 23.2 Å². The molecule has 9 heteroatoms. The molecule has 1 aliphatic rings. The van der Waals surface area contributed by atoms with Crippen molar-refractivity contribution < 1.29 is 13.2 Å². The SMILES string of the molecule is O=C(Nc1ccccc1NS(=O)(=O)c1ccc(Br)cc1Cl)N1CCCC1. The number of nitrogens with zero attached hydrogens (tertiary/aromatic N) is 1. The summed E-state index contributed by atoms with van der Waals surface area (Å²) in [5, 5.41) is 2.87. The van der Waals surface area contributed by atoms with Crippen LogP contribution in [0, 0.1) is 0 Å². The minimum atomic E-state index is -3.91. The number of para-hydroxylation sites is 2. The average molecular weight is 459 g/mol. The van der Waals surface area contributed by atoms with E-state index in [1.165, 1.54) is 12.1 Å². The van der Waals surface area contributed by atoms with Crippen LogP contribution in [0.1, 0.15) is 12.8 Å². The molecule has 0 spiro atoms. The maximum Gasteiger partial charge on any atom is 0.321 e. The first-order valence-corrected chi connectivity index (χ1v) is 10.6. The molecule has 1 aliphatic heterocycles. The van der Waals surface area contributed by atoms with Crippen LogP contribution < -0.4 is 10.0 Å². The van der Waals surface area contributed by atoms with E-state index in [2.05, 4.69) is 26.0 Å². The maximum atomic E-state index is 12.7. The number of halogens is 2. The Bertz CT molecular complexity index is 931. The van der Waals surface area contributed by atoms with Crippen LogP contribution in [0.15, 0.2) is 51.8 Å². The van der Waals surface area contributed by atoms with Gasteiger partial charge in [-0.2, -0.15) is 0 Å². The third kappa shape index (κ3) is 4.31. The molecule has 2 N–H and O–H groups in total. The van der Waals surface area contributed by atoms with Crippen molar-refractivity contribution in [3.63, 3.8) is 0 Å². The van der Waals surface area contributed by atoms with Gasteiger partial charge in [-0.05, 0) is 43.2 Å². The van der Waals surface area contributed by atoms with Gasteiger partial charge in [0.25, 0.3) is 10.0 Å². The third-order valence-corrected chi connectivity index (χ3v) is 6.33. The van der Waals surface area contributed by atoms with Gasteiger partial charge in [-0.15, -0.1) is 0 Å². The molecule has 26 heavy (non-hydrogen) atoms. The third-order valence-electron chi connectivity index (χ3n) is 3.99. The van der Waals surface area contributed by atoms with Crippen molar-refractivity contribution in [3.8, 4) is 0 Å². The molecule has 1 fully saturated rings. The van der Waals surface area contributed by atoms with Crippen molar-refractivity contribution in [2.24, 2.45) is 0 Å². The van der Waals surface area contributed by atoms with Gasteiger partial charge >= 0.3 is 6.03 Å². The molecule has 2 amide bonds. The Morgan fingerprint density at radius 1 is 1.08 bits per heavy atom. The monoisotopic (exact) mass is 457 g/mol. The molecule has 0 aliphatic carbocycles. The van der Waals surface area contributed by atoms with Gasteiger partial charge in [-0.25, -0.2) is 13.2 Å². The minimum absolute atomic E-state index is 0.0389. The lowest BCUT2D eigenvalue weighted by Gasteiger charge is -2.18. The summed E-state index contributed by atoms with van der Waals surface area (Å²) >= 11 is 9.31. The molecular weight excluding hydrogens is 442 g/mol. The van der Waals surface area contributed by atoms with E-state index >= 15 is 0 Å². The lowest BCUT2D eigenvalue weighted by atomic mass is 10.3. The van der Waals surface area contributed by atoms with Crippen LogP contribution >= 0.6 is 27.5 Å². The highest BCUT2D eigenvalue weighted by Crippen LogP contribution is 2.29. The van der Waals surface area contributed by atoms with Gasteiger partial charge in [0.1, 0.15) is 4.90 Å². The quantitative estimate of drug-likeness (QED) is 0.706. The molecule has 3 rings (SSSR count). The van der Waals surface area contributed by atoms with Crippen LogP contribution in [0.2, 0.25) is 5.02 Å². The summed E-state index contributed by atoms with van der Waals surface area (Å²) in [7, 11) is -3.91. The van der Waals surface area contributed by atoms with Crippen molar-refractivity contribution >= 4 is 55.0 Å². The van der Waals surface area contributed by atoms with E-state index in [1.54, 1.807) is 35.2 Å². The van der Waals surface area contributed by atoms with Crippen LogP contribution in [-0.4, -0.2) is 32.4 Å². The molecule has 138 valence electrons. The number of rotatable bonds is 4. The Balaban J connectivity index is 1.84. The second-order valence-corrected chi connectivity index (χ2v) is 8.82. The number of hydrogen-bond donors (Lipinski definition) is 2. The molecule has 0 atom stereocenters. The number of amides is 2. The number of urea groups is 1. The first-order chi connectivity index (χ1) is 12.4. The molecule has 0 saturated carbocycles. The van der Waals surface area contributed by atoms with Gasteiger partial charge in [0, 0.05) is 17.6 Å². The molecule has 2 aromatic carbocycles. The average Bonchev–Trinajstić information content (AvgIpc) is 3.10. The lowest BCUT2D eigenvalue weighted by molar-refractivity contribution is 0.222. The van der Waals surface area contributed by atoms with Crippen molar-refractivity contribution in [3.05, 3.63) is 52.0 Å². The van der Waals surface area contributed by atoms with Crippen molar-refractivity contribution in [1.82, 2.24) is 4.90 Å². The number of sulfonamides is 1. The van der Waals surface area contributed by atoms with E-state index in [-0.39, 0.29) is 21.6 Å². The summed E-state index contributed by atoms with van der Waals surface area (Å²) in [6.07, 6.45) is 1.95. The van der Waals surface area contributed by atoms with Crippen molar-refractivity contribution in [2.45, 2.75) is 17.7 Å². The predicted octanol–water partition coefficient (Wildman–Crippen LogP) is 4.53. The largest absolute Gasteiger partial charge is 0.325 e. The van der Waals surface area contributed by atoms with Gasteiger partial charge < -0.3 is 10.2 Å². The van der Waals surface area contributed by atoms with E-state index in [0.717, 1.165) is 12.8 Å². The Morgan fingerprint density at radius 3 is 2.38 bits per heavy atom. The van der Waals surface area contributed by atoms with Gasteiger partial charge in [0.05, 0.1) is 16.4 Å². The van der Waals surface area contributed by atoms with Crippen molar-refractivity contribution in [1.29, 1.82) is 0 Å². The predicted molar refractivity (Wildman–Crippen MR) is 106 cm³/mol. The molecule has 1 saturated heterocycles. The van der Waals surface area contributed by atoms with E-state index < -0.39 is 10.0 Å². The summed E-state index contributed by atoms with van der Waals surface area (Å²) in [5.74, 6) is 0. The zero-order valence-corrected chi connectivity index (χ0v) is 16.9. The van der Waals surface area contributed by atoms with Crippen LogP contribution in [0.25, 0.3) is 0 Å². The highest BCUT2D eigenvalue weighted by Gasteiger charge is 2.22. The lowest BCUT2D eigenvalue weighted by Crippen LogP contribution is -2.32. The number of anilines is 2. The summed E-state index contributed by atoms with van der Waals surface area (Å²) in [6, 6.07) is 10.9. The Labute approximate surface area is 165 Å². The second kappa shape index (κ2) is 7.85. The Kier molecular flexibility index (Phi) is 5.74. The van der Waals surface area contributed by atoms with E-state index in [9.17, 15) is 13.2 Å². The smallest absolute Gasteiger partial charge is 0.321 e. The Morgan fingerprint density at radius 2 is 1.73 bits per heavy atom. The summed E-state index contributed by atoms with van der Waals surface area (Å²) in [4.78, 5) is 14.0. The first-order valence-electron chi connectivity index (χ1n) is 8.00. The van der Waals surface area contributed by atoms with Gasteiger partial charge in [0.15, 0.2) is 0 Å². The fourth-order valence-corrected chi connectivity index (χ4v) is 4.81. The number of carbonyl (C=O) groups excluding carboxylic acids is 1. The summed E-state index contributed by atoms with van der Waals surface area (Å²) in [6.45, 7) is 1.41. The topological polar surface area (TPSA) is 78.5 Å². The fourth-order valence-electron chi connectivity index (χ4n) is 2.69. The molecule has 0 aromatic heterocycles. The first kappa shape index (κ1) is 19.0. The molecule has 0 bridgehead atoms. The standard InChI is InChI=1S/C17H17BrClN3O3S/c18-12-7-8-16(13(19)11-12)26(24,25)21-15-6-2-1-5-14(15)20-17(23)22-9-3-4-10-22/h1-2,5-8,11,21H,3-4,9-10H2,(H,20,23). The zero-order valence-electron chi connectivity index (χ0n) is 13.7. The van der Waals surface area contributed by atoms with Gasteiger partial charge in [-0.3, -0.25) is 4.72 Å². The highest BCUT2D eigenvalue weighted by molar-refractivity contribution is 9.10. The van der Waals surface area contributed by atoms with E-state index in [4.69, 9.17) is 11.6 Å². The Hall–Kier alpha value is -1.77. The van der Waals surface area contributed by atoms with Crippen LogP contribution in [0.5, 0.6) is 0 Å². The highest BCUT2D eigenvalue weighted by atomic mass is 79.9. The van der Waals surface area contributed by atoms with Crippen LogP contribution in [-0.2, 0) is 10.0 Å². The number of likely N-dealkylation sites (tertiary alicyclic amines) is 1. The van der Waals surface area contributed by atoms with Gasteiger partial charge in [0.2, 0.25) is 0 Å². The fraction of sp³-hybridized carbons (Fsp3) is 0.235. The molecule has 0 unspecified atom stereocenters. The maximum absolute atomic E-state index is 12.7. The molecular formula is C17H17BrClN3O3S. The second-order valence-electron chi connectivity index (χ2n) is 5.85. The molecule has 6 nitrogen and oxygen atoms in total.